The summed E-state index contributed by atoms with van der Waals surface area (Å²) in [6, 6.07) is 7.44. The molecule has 0 aliphatic rings. The van der Waals surface area contributed by atoms with Crippen molar-refractivity contribution in [2.75, 3.05) is 13.7 Å². The molecule has 0 heterocycles. The molecule has 1 aromatic rings. The van der Waals surface area contributed by atoms with Crippen LogP contribution in [0.3, 0.4) is 0 Å². The van der Waals surface area contributed by atoms with Gasteiger partial charge in [0, 0.05) is 32.1 Å². The molecular weight excluding hydrogens is 244 g/mol. The Labute approximate surface area is 113 Å². The van der Waals surface area contributed by atoms with Crippen LogP contribution in [0.25, 0.3) is 0 Å². The van der Waals surface area contributed by atoms with E-state index in [1.54, 1.807) is 0 Å². The SMILES string of the molecule is COC(Cc1cccc(C#CCCCO)c1)C(=O)O. The maximum Gasteiger partial charge on any atom is 0.333 e. The Balaban J connectivity index is 2.70. The smallest absolute Gasteiger partial charge is 0.333 e. The average Bonchev–Trinajstić information content (AvgIpc) is 2.41. The zero-order valence-corrected chi connectivity index (χ0v) is 10.9. The summed E-state index contributed by atoms with van der Waals surface area (Å²) in [5, 5.41) is 17.6. The second kappa shape index (κ2) is 8.30. The van der Waals surface area contributed by atoms with Gasteiger partial charge in [0.05, 0.1) is 0 Å². The van der Waals surface area contributed by atoms with E-state index in [0.29, 0.717) is 19.3 Å². The number of aliphatic hydroxyl groups is 1. The summed E-state index contributed by atoms with van der Waals surface area (Å²) in [7, 11) is 1.39. The third kappa shape index (κ3) is 5.56. The molecule has 0 saturated carbocycles. The van der Waals surface area contributed by atoms with Gasteiger partial charge in [-0.05, 0) is 24.1 Å². The number of hydrogen-bond acceptors (Lipinski definition) is 3. The fraction of sp³-hybridized carbons (Fsp3) is 0.400. The average molecular weight is 262 g/mol. The first-order valence-corrected chi connectivity index (χ1v) is 6.11. The van der Waals surface area contributed by atoms with Gasteiger partial charge in [-0.3, -0.25) is 0 Å². The molecule has 1 unspecified atom stereocenters. The summed E-state index contributed by atoms with van der Waals surface area (Å²) in [4.78, 5) is 10.9. The molecule has 0 amide bonds. The Morgan fingerprint density at radius 1 is 1.47 bits per heavy atom. The van der Waals surface area contributed by atoms with Crippen molar-refractivity contribution in [1.29, 1.82) is 0 Å². The van der Waals surface area contributed by atoms with E-state index in [0.717, 1.165) is 11.1 Å². The molecular formula is C15H18O4. The van der Waals surface area contributed by atoms with E-state index in [1.165, 1.54) is 7.11 Å². The van der Waals surface area contributed by atoms with Crippen LogP contribution in [0.5, 0.6) is 0 Å². The van der Waals surface area contributed by atoms with Crippen LogP contribution in [0, 0.1) is 11.8 Å². The number of aliphatic hydroxyl groups excluding tert-OH is 1. The lowest BCUT2D eigenvalue weighted by Gasteiger charge is -2.10. The van der Waals surface area contributed by atoms with Crippen LogP contribution < -0.4 is 0 Å². The zero-order valence-electron chi connectivity index (χ0n) is 10.9. The Kier molecular flexibility index (Phi) is 6.65. The Bertz CT molecular complexity index is 471. The number of unbranched alkanes of at least 4 members (excludes halogenated alkanes) is 1. The number of benzene rings is 1. The van der Waals surface area contributed by atoms with Gasteiger partial charge < -0.3 is 14.9 Å². The summed E-state index contributed by atoms with van der Waals surface area (Å²) in [5.74, 6) is 4.98. The summed E-state index contributed by atoms with van der Waals surface area (Å²) in [6.45, 7) is 0.142. The molecule has 1 atom stereocenters. The number of methoxy groups -OCH3 is 1. The number of aliphatic carboxylic acids is 1. The molecule has 1 rings (SSSR count). The lowest BCUT2D eigenvalue weighted by atomic mass is 10.0. The van der Waals surface area contributed by atoms with E-state index in [9.17, 15) is 4.79 Å². The van der Waals surface area contributed by atoms with Gasteiger partial charge in [0.1, 0.15) is 0 Å². The van der Waals surface area contributed by atoms with Gasteiger partial charge in [-0.2, -0.15) is 0 Å². The van der Waals surface area contributed by atoms with Gasteiger partial charge >= 0.3 is 5.97 Å². The summed E-state index contributed by atoms with van der Waals surface area (Å²) in [6.07, 6.45) is 0.795. The van der Waals surface area contributed by atoms with Gasteiger partial charge in [-0.1, -0.05) is 24.0 Å². The molecule has 0 aromatic heterocycles. The van der Waals surface area contributed by atoms with E-state index in [4.69, 9.17) is 14.9 Å². The van der Waals surface area contributed by atoms with Crippen molar-refractivity contribution in [2.45, 2.75) is 25.4 Å². The topological polar surface area (TPSA) is 66.8 Å². The second-order valence-corrected chi connectivity index (χ2v) is 4.10. The maximum atomic E-state index is 10.9. The highest BCUT2D eigenvalue weighted by Crippen LogP contribution is 2.09. The summed E-state index contributed by atoms with van der Waals surface area (Å²) >= 11 is 0. The molecule has 0 saturated heterocycles. The molecule has 1 aromatic carbocycles. The minimum atomic E-state index is -0.970. The van der Waals surface area contributed by atoms with Crippen LogP contribution in [0.1, 0.15) is 24.0 Å². The minimum Gasteiger partial charge on any atom is -0.479 e. The Hall–Kier alpha value is -1.83. The van der Waals surface area contributed by atoms with Crippen molar-refractivity contribution in [2.24, 2.45) is 0 Å². The Morgan fingerprint density at radius 3 is 2.89 bits per heavy atom. The summed E-state index contributed by atoms with van der Waals surface area (Å²) in [5.41, 5.74) is 1.72. The molecule has 0 fully saturated rings. The van der Waals surface area contributed by atoms with Gasteiger partial charge in [0.2, 0.25) is 0 Å². The van der Waals surface area contributed by atoms with Crippen LogP contribution in [0.2, 0.25) is 0 Å². The monoisotopic (exact) mass is 262 g/mol. The molecule has 2 N–H and O–H groups in total. The second-order valence-electron chi connectivity index (χ2n) is 4.10. The fourth-order valence-electron chi connectivity index (χ4n) is 1.59. The van der Waals surface area contributed by atoms with E-state index in [1.807, 2.05) is 24.3 Å². The van der Waals surface area contributed by atoms with E-state index >= 15 is 0 Å². The quantitative estimate of drug-likeness (QED) is 0.601. The van der Waals surface area contributed by atoms with Gasteiger partial charge in [-0.25, -0.2) is 4.79 Å². The number of carbonyl (C=O) groups is 1. The highest BCUT2D eigenvalue weighted by atomic mass is 16.5. The number of ether oxygens (including phenoxy) is 1. The van der Waals surface area contributed by atoms with Gasteiger partial charge in [-0.15, -0.1) is 0 Å². The first-order chi connectivity index (χ1) is 9.17. The molecule has 19 heavy (non-hydrogen) atoms. The largest absolute Gasteiger partial charge is 0.479 e. The zero-order chi connectivity index (χ0) is 14.1. The normalized spacial score (nSPS) is 11.5. The van der Waals surface area contributed by atoms with E-state index < -0.39 is 12.1 Å². The third-order valence-electron chi connectivity index (χ3n) is 2.60. The predicted molar refractivity (Wildman–Crippen MR) is 71.8 cm³/mol. The molecule has 4 nitrogen and oxygen atoms in total. The number of rotatable bonds is 6. The van der Waals surface area contributed by atoms with Crippen molar-refractivity contribution in [3.05, 3.63) is 35.4 Å². The molecule has 0 aliphatic carbocycles. The maximum absolute atomic E-state index is 10.9. The molecule has 4 heteroatoms. The lowest BCUT2D eigenvalue weighted by molar-refractivity contribution is -0.148. The Morgan fingerprint density at radius 2 is 2.26 bits per heavy atom. The molecule has 0 aliphatic heterocycles. The van der Waals surface area contributed by atoms with Crippen molar-refractivity contribution >= 4 is 5.97 Å². The highest BCUT2D eigenvalue weighted by Gasteiger charge is 2.16. The van der Waals surface area contributed by atoms with Crippen LogP contribution in [-0.2, 0) is 16.0 Å². The van der Waals surface area contributed by atoms with Crippen molar-refractivity contribution < 1.29 is 19.7 Å². The van der Waals surface area contributed by atoms with Crippen molar-refractivity contribution in [1.82, 2.24) is 0 Å². The van der Waals surface area contributed by atoms with Crippen LogP contribution in [0.4, 0.5) is 0 Å². The standard InChI is InChI=1S/C15H18O4/c1-19-14(15(17)18)11-13-8-5-7-12(10-13)6-3-2-4-9-16/h5,7-8,10,14,16H,2,4,9,11H2,1H3,(H,17,18). The van der Waals surface area contributed by atoms with E-state index in [-0.39, 0.29) is 6.61 Å². The van der Waals surface area contributed by atoms with Gasteiger partial charge in [0.15, 0.2) is 6.10 Å². The molecule has 0 spiro atoms. The number of carboxylic acid groups (broad SMARTS) is 1. The van der Waals surface area contributed by atoms with Crippen LogP contribution in [-0.4, -0.2) is 36.0 Å². The van der Waals surface area contributed by atoms with Gasteiger partial charge in [0.25, 0.3) is 0 Å². The first-order valence-electron chi connectivity index (χ1n) is 6.11. The predicted octanol–water partition coefficient (Wildman–Crippen LogP) is 1.45. The number of hydrogen-bond donors (Lipinski definition) is 2. The van der Waals surface area contributed by atoms with E-state index in [2.05, 4.69) is 11.8 Å². The fourth-order valence-corrected chi connectivity index (χ4v) is 1.59. The summed E-state index contributed by atoms with van der Waals surface area (Å²) < 4.78 is 4.91. The van der Waals surface area contributed by atoms with Crippen LogP contribution >= 0.6 is 0 Å². The first kappa shape index (κ1) is 15.2. The van der Waals surface area contributed by atoms with Crippen LogP contribution in [0.15, 0.2) is 24.3 Å². The molecule has 0 radical (unpaired) electrons. The molecule has 102 valence electrons. The highest BCUT2D eigenvalue weighted by molar-refractivity contribution is 5.72. The molecule has 0 bridgehead atoms. The van der Waals surface area contributed by atoms with Crippen molar-refractivity contribution in [3.8, 4) is 11.8 Å². The third-order valence-corrected chi connectivity index (χ3v) is 2.60. The minimum absolute atomic E-state index is 0.142. The lowest BCUT2D eigenvalue weighted by Crippen LogP contribution is -2.24. The number of carboxylic acids is 1. The van der Waals surface area contributed by atoms with Crippen molar-refractivity contribution in [3.63, 3.8) is 0 Å².